The molecule has 2 aromatic carbocycles. The van der Waals surface area contributed by atoms with Gasteiger partial charge >= 0.3 is 6.18 Å². The predicted molar refractivity (Wildman–Crippen MR) is 89.0 cm³/mol. The highest BCUT2D eigenvalue weighted by molar-refractivity contribution is 6.12. The molecular formula is C19H16F3NO3. The summed E-state index contributed by atoms with van der Waals surface area (Å²) in [5, 5.41) is 11.5. The maximum absolute atomic E-state index is 12.8. The highest BCUT2D eigenvalue weighted by Gasteiger charge is 2.55. The summed E-state index contributed by atoms with van der Waals surface area (Å²) in [7, 11) is 0. The number of hydrogen-bond acceptors (Lipinski definition) is 3. The molecule has 0 radical (unpaired) electrons. The highest BCUT2D eigenvalue weighted by Crippen LogP contribution is 2.32. The minimum atomic E-state index is -5.11. The Morgan fingerprint density at radius 2 is 1.65 bits per heavy atom. The van der Waals surface area contributed by atoms with Crippen molar-refractivity contribution in [3.63, 3.8) is 0 Å². The molecule has 1 aliphatic carbocycles. The fourth-order valence-corrected chi connectivity index (χ4v) is 2.84. The number of hydrogen-bond donors (Lipinski definition) is 2. The van der Waals surface area contributed by atoms with E-state index in [1.54, 1.807) is 18.2 Å². The number of alkyl halides is 3. The van der Waals surface area contributed by atoms with Crippen molar-refractivity contribution in [1.29, 1.82) is 0 Å². The summed E-state index contributed by atoms with van der Waals surface area (Å²) in [6, 6.07) is 11.5. The quantitative estimate of drug-likeness (QED) is 0.861. The number of nitrogens with one attached hydrogen (secondary N) is 1. The van der Waals surface area contributed by atoms with Crippen molar-refractivity contribution < 1.29 is 27.9 Å². The third-order valence-electron chi connectivity index (χ3n) is 4.53. The van der Waals surface area contributed by atoms with E-state index in [9.17, 15) is 27.9 Å². The molecule has 3 rings (SSSR count). The molecule has 7 heteroatoms. The Bertz CT molecular complexity index is 888. The van der Waals surface area contributed by atoms with Gasteiger partial charge in [-0.15, -0.1) is 0 Å². The van der Waals surface area contributed by atoms with Gasteiger partial charge in [-0.1, -0.05) is 30.3 Å². The highest BCUT2D eigenvalue weighted by atomic mass is 19.4. The molecule has 0 saturated carbocycles. The molecular weight excluding hydrogens is 347 g/mol. The number of aliphatic hydroxyl groups is 1. The second-order valence-electron chi connectivity index (χ2n) is 6.38. The summed E-state index contributed by atoms with van der Waals surface area (Å²) in [6.45, 7) is 0.382. The summed E-state index contributed by atoms with van der Waals surface area (Å²) in [6.07, 6.45) is -3.84. The minimum Gasteiger partial charge on any atom is -0.373 e. The molecule has 0 aromatic heterocycles. The van der Waals surface area contributed by atoms with Crippen molar-refractivity contribution in [3.05, 3.63) is 64.7 Å². The zero-order valence-electron chi connectivity index (χ0n) is 13.9. The number of carbonyl (C=O) groups is 2. The van der Waals surface area contributed by atoms with Crippen LogP contribution in [-0.4, -0.2) is 28.6 Å². The van der Waals surface area contributed by atoms with Gasteiger partial charge in [-0.05, 0) is 43.0 Å². The van der Waals surface area contributed by atoms with Gasteiger partial charge < -0.3 is 10.4 Å². The predicted octanol–water partition coefficient (Wildman–Crippen LogP) is 3.27. The van der Waals surface area contributed by atoms with Gasteiger partial charge in [-0.2, -0.15) is 13.2 Å². The molecule has 136 valence electrons. The van der Waals surface area contributed by atoms with Crippen LogP contribution in [0.5, 0.6) is 0 Å². The van der Waals surface area contributed by atoms with Crippen molar-refractivity contribution in [2.45, 2.75) is 31.5 Å². The van der Waals surface area contributed by atoms with Crippen molar-refractivity contribution in [2.75, 3.05) is 5.32 Å². The summed E-state index contributed by atoms with van der Waals surface area (Å²) < 4.78 is 38.3. The number of aryl methyl sites for hydroxylation is 2. The number of benzene rings is 2. The van der Waals surface area contributed by atoms with Crippen LogP contribution in [0.25, 0.3) is 0 Å². The number of rotatable bonds is 2. The van der Waals surface area contributed by atoms with Gasteiger partial charge in [0.2, 0.25) is 5.60 Å². The zero-order chi connectivity index (χ0) is 19.1. The van der Waals surface area contributed by atoms with Gasteiger partial charge in [0, 0.05) is 16.8 Å². The Hall–Kier alpha value is -2.67. The van der Waals surface area contributed by atoms with Gasteiger partial charge in [-0.25, -0.2) is 0 Å². The Labute approximate surface area is 147 Å². The Morgan fingerprint density at radius 1 is 1.04 bits per heavy atom. The molecule has 0 bridgehead atoms. The van der Waals surface area contributed by atoms with Crippen LogP contribution in [0.4, 0.5) is 18.9 Å². The van der Waals surface area contributed by atoms with E-state index >= 15 is 0 Å². The van der Waals surface area contributed by atoms with Crippen molar-refractivity contribution in [1.82, 2.24) is 0 Å². The number of fused-ring (bicyclic) bond motifs is 2. The molecule has 0 saturated heterocycles. The fraction of sp³-hybridized carbons (Fsp3) is 0.263. The Morgan fingerprint density at radius 3 is 2.31 bits per heavy atom. The molecule has 0 spiro atoms. The van der Waals surface area contributed by atoms with Gasteiger partial charge in [0.15, 0.2) is 5.78 Å². The van der Waals surface area contributed by atoms with Gasteiger partial charge in [0.25, 0.3) is 5.91 Å². The van der Waals surface area contributed by atoms with Crippen molar-refractivity contribution >= 4 is 17.4 Å². The lowest BCUT2D eigenvalue weighted by molar-refractivity contribution is -0.242. The number of carbonyl (C=O) groups excluding carboxylic acids is 2. The second kappa shape index (κ2) is 6.25. The molecule has 4 nitrogen and oxygen atoms in total. The van der Waals surface area contributed by atoms with E-state index in [1.807, 2.05) is 17.4 Å². The lowest BCUT2D eigenvalue weighted by Crippen LogP contribution is -2.52. The van der Waals surface area contributed by atoms with E-state index < -0.39 is 17.7 Å². The van der Waals surface area contributed by atoms with E-state index in [-0.39, 0.29) is 11.5 Å². The smallest absolute Gasteiger partial charge is 0.373 e. The lowest BCUT2D eigenvalue weighted by atomic mass is 9.98. The second-order valence-corrected chi connectivity index (χ2v) is 6.38. The number of halogens is 3. The van der Waals surface area contributed by atoms with E-state index in [4.69, 9.17) is 0 Å². The molecule has 26 heavy (non-hydrogen) atoms. The maximum atomic E-state index is 12.8. The van der Waals surface area contributed by atoms with Gasteiger partial charge in [0.05, 0.1) is 0 Å². The van der Waals surface area contributed by atoms with Crippen LogP contribution in [-0.2, 0) is 17.6 Å². The Balaban J connectivity index is 1.93. The standard InChI is InChI=1S/C19H16F3NO3/c1-18(26,19(20,21)22)17(25)23-13-9-8-12-7-6-11-4-2-3-5-14(11)16(24)15(12)10-13/h2-5,8-10,26H,6-7H2,1H3,(H,23,25). The normalized spacial score (nSPS) is 16.1. The third kappa shape index (κ3) is 3.10. The molecule has 1 unspecified atom stereocenters. The van der Waals surface area contributed by atoms with Gasteiger partial charge in [0.1, 0.15) is 0 Å². The van der Waals surface area contributed by atoms with E-state index in [0.29, 0.717) is 30.9 Å². The minimum absolute atomic E-state index is 0.0195. The molecule has 0 heterocycles. The van der Waals surface area contributed by atoms with Crippen molar-refractivity contribution in [3.8, 4) is 0 Å². The fourth-order valence-electron chi connectivity index (χ4n) is 2.84. The number of amides is 1. The molecule has 0 aliphatic heterocycles. The van der Waals surface area contributed by atoms with Crippen LogP contribution in [0.1, 0.15) is 34.0 Å². The maximum Gasteiger partial charge on any atom is 0.426 e. The zero-order valence-corrected chi connectivity index (χ0v) is 13.9. The average molecular weight is 363 g/mol. The molecule has 1 amide bonds. The first-order valence-electron chi connectivity index (χ1n) is 7.97. The molecule has 2 aromatic rings. The van der Waals surface area contributed by atoms with E-state index in [0.717, 1.165) is 11.1 Å². The third-order valence-corrected chi connectivity index (χ3v) is 4.53. The SMILES string of the molecule is CC(O)(C(=O)Nc1ccc2c(c1)C(=O)c1ccccc1CC2)C(F)(F)F. The van der Waals surface area contributed by atoms with Crippen LogP contribution < -0.4 is 5.32 Å². The average Bonchev–Trinajstić information content (AvgIpc) is 2.72. The first-order chi connectivity index (χ1) is 12.1. The summed E-state index contributed by atoms with van der Waals surface area (Å²) in [5.41, 5.74) is -0.982. The molecule has 1 atom stereocenters. The van der Waals surface area contributed by atoms with E-state index in [2.05, 4.69) is 0 Å². The van der Waals surface area contributed by atoms with Crippen LogP contribution in [0, 0.1) is 0 Å². The Kier molecular flexibility index (Phi) is 4.36. The van der Waals surface area contributed by atoms with Crippen LogP contribution >= 0.6 is 0 Å². The topological polar surface area (TPSA) is 66.4 Å². The molecule has 2 N–H and O–H groups in total. The first kappa shape index (κ1) is 18.1. The molecule has 0 fully saturated rings. The van der Waals surface area contributed by atoms with Crippen molar-refractivity contribution in [2.24, 2.45) is 0 Å². The summed E-state index contributed by atoms with van der Waals surface area (Å²) in [4.78, 5) is 24.6. The number of ketones is 1. The largest absolute Gasteiger partial charge is 0.426 e. The first-order valence-corrected chi connectivity index (χ1v) is 7.97. The summed E-state index contributed by atoms with van der Waals surface area (Å²) in [5.74, 6) is -1.85. The van der Waals surface area contributed by atoms with Crippen LogP contribution in [0.2, 0.25) is 0 Å². The number of anilines is 1. The summed E-state index contributed by atoms with van der Waals surface area (Å²) >= 11 is 0. The molecule has 1 aliphatic rings. The van der Waals surface area contributed by atoms with Crippen LogP contribution in [0.3, 0.4) is 0 Å². The van der Waals surface area contributed by atoms with Crippen LogP contribution in [0.15, 0.2) is 42.5 Å². The lowest BCUT2D eigenvalue weighted by Gasteiger charge is -2.25. The van der Waals surface area contributed by atoms with Gasteiger partial charge in [-0.3, -0.25) is 9.59 Å². The van der Waals surface area contributed by atoms with E-state index in [1.165, 1.54) is 12.1 Å². The monoisotopic (exact) mass is 363 g/mol.